The fourth-order valence-corrected chi connectivity index (χ4v) is 5.14. The van der Waals surface area contributed by atoms with E-state index in [2.05, 4.69) is 11.8 Å². The molecule has 3 rings (SSSR count). The minimum Gasteiger partial charge on any atom is -0.347 e. The second kappa shape index (κ2) is 12.2. The fraction of sp³-hybridized carbons (Fsp3) is 0.667. The monoisotopic (exact) mass is 470 g/mol. The molecule has 1 aromatic carbocycles. The maximum absolute atomic E-state index is 13.6. The van der Waals surface area contributed by atoms with E-state index in [9.17, 15) is 14.4 Å². The van der Waals surface area contributed by atoms with Gasteiger partial charge in [-0.3, -0.25) is 14.4 Å². The Hall–Kier alpha value is -2.57. The first-order chi connectivity index (χ1) is 16.4. The molecule has 2 aliphatic heterocycles. The lowest BCUT2D eigenvalue weighted by Crippen LogP contribution is -2.57. The first-order valence-electron chi connectivity index (χ1n) is 13.0. The zero-order chi connectivity index (χ0) is 24.6. The number of piperidine rings is 1. The molecule has 2 saturated heterocycles. The minimum atomic E-state index is -0.690. The smallest absolute Gasteiger partial charge is 0.250 e. The second-order valence-electron chi connectivity index (χ2n) is 9.98. The number of rotatable bonds is 11. The molecule has 3 amide bonds. The average molecular weight is 471 g/mol. The van der Waals surface area contributed by atoms with Crippen molar-refractivity contribution in [3.63, 3.8) is 0 Å². The van der Waals surface area contributed by atoms with Crippen LogP contribution in [0.3, 0.4) is 0 Å². The Morgan fingerprint density at radius 1 is 0.941 bits per heavy atom. The molecule has 7 nitrogen and oxygen atoms in total. The van der Waals surface area contributed by atoms with Crippen molar-refractivity contribution < 1.29 is 14.4 Å². The molecule has 2 fully saturated rings. The highest BCUT2D eigenvalue weighted by Gasteiger charge is 2.54. The van der Waals surface area contributed by atoms with Gasteiger partial charge in [0.1, 0.15) is 12.1 Å². The summed E-state index contributed by atoms with van der Waals surface area (Å²) in [5, 5.41) is 0. The van der Waals surface area contributed by atoms with Crippen molar-refractivity contribution in [2.24, 2.45) is 0 Å². The van der Waals surface area contributed by atoms with Crippen LogP contribution in [0, 0.1) is 0 Å². The number of nitrogens with zero attached hydrogens (tertiary/aromatic N) is 4. The van der Waals surface area contributed by atoms with Gasteiger partial charge in [-0.15, -0.1) is 0 Å². The van der Waals surface area contributed by atoms with Crippen LogP contribution in [0.1, 0.15) is 71.1 Å². The highest BCUT2D eigenvalue weighted by molar-refractivity contribution is 5.96. The lowest BCUT2D eigenvalue weighted by Gasteiger charge is -2.43. The van der Waals surface area contributed by atoms with Crippen LogP contribution in [0.5, 0.6) is 0 Å². The van der Waals surface area contributed by atoms with Gasteiger partial charge in [0, 0.05) is 39.3 Å². The summed E-state index contributed by atoms with van der Waals surface area (Å²) in [5.74, 6) is 0.131. The van der Waals surface area contributed by atoms with E-state index < -0.39 is 5.54 Å². The number of carbonyl (C=O) groups excluding carboxylic acids is 3. The molecule has 0 unspecified atom stereocenters. The molecule has 1 aromatic rings. The topological polar surface area (TPSA) is 64.2 Å². The quantitative estimate of drug-likeness (QED) is 0.461. The first-order valence-corrected chi connectivity index (χ1v) is 13.0. The third-order valence-electron chi connectivity index (χ3n) is 7.34. The summed E-state index contributed by atoms with van der Waals surface area (Å²) in [5.41, 5.74) is 0.294. The van der Waals surface area contributed by atoms with Crippen LogP contribution in [0.2, 0.25) is 0 Å². The number of hydrogen-bond acceptors (Lipinski definition) is 4. The zero-order valence-corrected chi connectivity index (χ0v) is 21.3. The predicted octanol–water partition coefficient (Wildman–Crippen LogP) is 3.88. The zero-order valence-electron chi connectivity index (χ0n) is 21.3. The number of likely N-dealkylation sites (tertiary alicyclic amines) is 1. The standard InChI is InChI=1S/C27H42N4O3/c1-4-5-6-7-8-9-13-16-24(32)29-19-17-27(18-20-29)26(34)30(21-25(33)28(2)3)22-31(27)23-14-11-10-12-15-23/h10-12,14-15H,4-9,13,16-22H2,1-3H3. The number of anilines is 1. The van der Waals surface area contributed by atoms with Crippen LogP contribution in [0.4, 0.5) is 5.69 Å². The van der Waals surface area contributed by atoms with Gasteiger partial charge in [0.2, 0.25) is 11.8 Å². The normalized spacial score (nSPS) is 17.5. The number of hydrogen-bond donors (Lipinski definition) is 0. The number of likely N-dealkylation sites (N-methyl/N-ethyl adjacent to an activating group) is 1. The largest absolute Gasteiger partial charge is 0.347 e. The Morgan fingerprint density at radius 2 is 1.56 bits per heavy atom. The van der Waals surface area contributed by atoms with Gasteiger partial charge < -0.3 is 19.6 Å². The van der Waals surface area contributed by atoms with Crippen molar-refractivity contribution in [3.8, 4) is 0 Å². The van der Waals surface area contributed by atoms with Crippen molar-refractivity contribution in [2.75, 3.05) is 45.3 Å². The van der Waals surface area contributed by atoms with E-state index >= 15 is 0 Å². The number of benzene rings is 1. The molecule has 0 radical (unpaired) electrons. The van der Waals surface area contributed by atoms with Crippen molar-refractivity contribution in [2.45, 2.75) is 76.7 Å². The number of carbonyl (C=O) groups is 3. The Bertz CT molecular complexity index is 818. The van der Waals surface area contributed by atoms with Crippen LogP contribution in [0.15, 0.2) is 30.3 Å². The summed E-state index contributed by atoms with van der Waals surface area (Å²) in [6.07, 6.45) is 10.2. The Labute approximate surface area is 205 Å². The molecular formula is C27H42N4O3. The second-order valence-corrected chi connectivity index (χ2v) is 9.98. The van der Waals surface area contributed by atoms with Gasteiger partial charge in [-0.2, -0.15) is 0 Å². The lowest BCUT2D eigenvalue weighted by molar-refractivity contribution is -0.141. The molecule has 188 valence electrons. The SMILES string of the molecule is CCCCCCCCCC(=O)N1CCC2(CC1)C(=O)N(CC(=O)N(C)C)CN2c1ccccc1. The molecule has 7 heteroatoms. The summed E-state index contributed by atoms with van der Waals surface area (Å²) in [6.45, 7) is 3.87. The summed E-state index contributed by atoms with van der Waals surface area (Å²) < 4.78 is 0. The van der Waals surface area contributed by atoms with E-state index in [0.29, 0.717) is 39.0 Å². The van der Waals surface area contributed by atoms with Gasteiger partial charge in [-0.25, -0.2) is 0 Å². The van der Waals surface area contributed by atoms with E-state index in [4.69, 9.17) is 0 Å². The van der Waals surface area contributed by atoms with Gasteiger partial charge in [0.15, 0.2) is 0 Å². The van der Waals surface area contributed by atoms with Crippen LogP contribution < -0.4 is 4.90 Å². The summed E-state index contributed by atoms with van der Waals surface area (Å²) in [7, 11) is 3.42. The Balaban J connectivity index is 1.60. The molecule has 0 aromatic heterocycles. The van der Waals surface area contributed by atoms with Gasteiger partial charge in [0.05, 0.1) is 6.67 Å². The average Bonchev–Trinajstić information content (AvgIpc) is 3.10. The maximum Gasteiger partial charge on any atom is 0.250 e. The van der Waals surface area contributed by atoms with Crippen LogP contribution in [-0.4, -0.2) is 78.4 Å². The minimum absolute atomic E-state index is 0.00531. The molecule has 2 aliphatic rings. The molecule has 34 heavy (non-hydrogen) atoms. The summed E-state index contributed by atoms with van der Waals surface area (Å²) >= 11 is 0. The summed E-state index contributed by atoms with van der Waals surface area (Å²) in [6, 6.07) is 9.95. The molecular weight excluding hydrogens is 428 g/mol. The summed E-state index contributed by atoms with van der Waals surface area (Å²) in [4.78, 5) is 46.1. The number of unbranched alkanes of at least 4 members (excludes halogenated alkanes) is 6. The van der Waals surface area contributed by atoms with Crippen molar-refractivity contribution in [1.82, 2.24) is 14.7 Å². The van der Waals surface area contributed by atoms with E-state index in [0.717, 1.165) is 18.5 Å². The fourth-order valence-electron chi connectivity index (χ4n) is 5.14. The number of amides is 3. The lowest BCUT2D eigenvalue weighted by atomic mass is 9.85. The van der Waals surface area contributed by atoms with Gasteiger partial charge in [0.25, 0.3) is 5.91 Å². The Morgan fingerprint density at radius 3 is 2.18 bits per heavy atom. The van der Waals surface area contributed by atoms with E-state index in [1.165, 1.54) is 37.0 Å². The van der Waals surface area contributed by atoms with E-state index in [1.807, 2.05) is 35.2 Å². The van der Waals surface area contributed by atoms with Crippen LogP contribution in [0.25, 0.3) is 0 Å². The molecule has 1 spiro atoms. The van der Waals surface area contributed by atoms with Crippen molar-refractivity contribution in [3.05, 3.63) is 30.3 Å². The van der Waals surface area contributed by atoms with Gasteiger partial charge >= 0.3 is 0 Å². The highest BCUT2D eigenvalue weighted by Crippen LogP contribution is 2.39. The molecule has 0 aliphatic carbocycles. The van der Waals surface area contributed by atoms with E-state index in [1.54, 1.807) is 19.0 Å². The van der Waals surface area contributed by atoms with E-state index in [-0.39, 0.29) is 24.3 Å². The van der Waals surface area contributed by atoms with Crippen LogP contribution in [-0.2, 0) is 14.4 Å². The van der Waals surface area contributed by atoms with Gasteiger partial charge in [-0.05, 0) is 31.4 Å². The molecule has 0 bridgehead atoms. The van der Waals surface area contributed by atoms with Gasteiger partial charge in [-0.1, -0.05) is 63.6 Å². The Kier molecular flexibility index (Phi) is 9.36. The predicted molar refractivity (Wildman–Crippen MR) is 135 cm³/mol. The maximum atomic E-state index is 13.6. The molecule has 0 saturated carbocycles. The molecule has 2 heterocycles. The van der Waals surface area contributed by atoms with Crippen molar-refractivity contribution in [1.29, 1.82) is 0 Å². The third kappa shape index (κ3) is 6.10. The molecule has 0 atom stereocenters. The van der Waals surface area contributed by atoms with Crippen LogP contribution >= 0.6 is 0 Å². The highest BCUT2D eigenvalue weighted by atomic mass is 16.2. The number of para-hydroxylation sites is 1. The van der Waals surface area contributed by atoms with Crippen molar-refractivity contribution >= 4 is 23.4 Å². The third-order valence-corrected chi connectivity index (χ3v) is 7.34. The molecule has 0 N–H and O–H groups in total. The first kappa shape index (κ1) is 26.0.